The minimum Gasteiger partial charge on any atom is -1.00 e. The van der Waals surface area contributed by atoms with Gasteiger partial charge in [-0.2, -0.15) is 0 Å². The zero-order chi connectivity index (χ0) is 21.6. The first-order chi connectivity index (χ1) is 14.1. The van der Waals surface area contributed by atoms with Crippen LogP contribution < -0.4 is 51.4 Å². The van der Waals surface area contributed by atoms with E-state index in [1.165, 1.54) is 116 Å². The Kier molecular flexibility index (Phi) is 27.4. The second kappa shape index (κ2) is 24.7. The summed E-state index contributed by atoms with van der Waals surface area (Å²) >= 11 is 0. The maximum Gasteiger partial charge on any atom is 1.00 e. The van der Waals surface area contributed by atoms with Gasteiger partial charge in [0.15, 0.2) is 0 Å². The first-order valence-corrected chi connectivity index (χ1v) is 13.3. The number of carboxylic acids is 1. The molecule has 0 rings (SSSR count). The number of unbranched alkanes of at least 4 members (excludes halogenated alkanes) is 18. The summed E-state index contributed by atoms with van der Waals surface area (Å²) in [6.07, 6.45) is 28.0. The second-order valence-corrected chi connectivity index (χ2v) is 9.73. The van der Waals surface area contributed by atoms with Gasteiger partial charge in [-0.05, 0) is 19.8 Å². The van der Waals surface area contributed by atoms with Crippen molar-refractivity contribution in [3.8, 4) is 0 Å². The van der Waals surface area contributed by atoms with Gasteiger partial charge in [-0.25, -0.2) is 0 Å². The Balaban J connectivity index is -0.00000392. The molecule has 0 unspecified atom stereocenters. The molecule has 0 bridgehead atoms. The number of aliphatic carboxylic acids is 1. The molecule has 0 heterocycles. The minimum atomic E-state index is -0.579. The van der Waals surface area contributed by atoms with Crippen molar-refractivity contribution in [1.29, 1.82) is 0 Å². The van der Waals surface area contributed by atoms with Crippen LogP contribution in [0.15, 0.2) is 0 Å². The molecule has 0 fully saturated rings. The minimum absolute atomic E-state index is 0. The average Bonchev–Trinajstić information content (AvgIpc) is 2.70. The van der Waals surface area contributed by atoms with Crippen molar-refractivity contribution in [3.63, 3.8) is 0 Å². The summed E-state index contributed by atoms with van der Waals surface area (Å²) < 4.78 is 0. The van der Waals surface area contributed by atoms with Gasteiger partial charge in [0.25, 0.3) is 0 Å². The van der Waals surface area contributed by atoms with Gasteiger partial charge in [0.05, 0.1) is 5.41 Å². The monoisotopic (exact) mass is 450 g/mol. The van der Waals surface area contributed by atoms with E-state index >= 15 is 0 Å². The third-order valence-electron chi connectivity index (χ3n) is 6.68. The van der Waals surface area contributed by atoms with Crippen LogP contribution in [0.3, 0.4) is 0 Å². The Morgan fingerprint density at radius 3 is 1.03 bits per heavy atom. The van der Waals surface area contributed by atoms with Crippen molar-refractivity contribution in [2.75, 3.05) is 0 Å². The fourth-order valence-electron chi connectivity index (χ4n) is 4.34. The van der Waals surface area contributed by atoms with Crippen LogP contribution >= 0.6 is 0 Å². The molecule has 0 aromatic carbocycles. The first kappa shape index (κ1) is 33.3. The van der Waals surface area contributed by atoms with Crippen LogP contribution in [0, 0.1) is 5.41 Å². The molecule has 0 aliphatic heterocycles. The summed E-state index contributed by atoms with van der Waals surface area (Å²) in [5.74, 6) is -0.579. The SMILES string of the molecule is CCCCCCCCCCCCC(C)(CCCCCCCCCCCC)C(=O)O.[H-].[K+]. The molecule has 2 nitrogen and oxygen atoms in total. The zero-order valence-electron chi connectivity index (χ0n) is 22.4. The molecule has 0 aliphatic carbocycles. The average molecular weight is 451 g/mol. The van der Waals surface area contributed by atoms with Crippen LogP contribution in [0.5, 0.6) is 0 Å². The molecular formula is C27H55KO2. The van der Waals surface area contributed by atoms with Crippen LogP contribution in [-0.4, -0.2) is 11.1 Å². The van der Waals surface area contributed by atoms with Gasteiger partial charge in [0.2, 0.25) is 0 Å². The largest absolute Gasteiger partial charge is 1.00 e. The van der Waals surface area contributed by atoms with Crippen LogP contribution in [0.2, 0.25) is 0 Å². The van der Waals surface area contributed by atoms with E-state index in [4.69, 9.17) is 0 Å². The predicted molar refractivity (Wildman–Crippen MR) is 130 cm³/mol. The molecule has 0 atom stereocenters. The predicted octanol–water partition coefficient (Wildman–Crippen LogP) is 6.82. The summed E-state index contributed by atoms with van der Waals surface area (Å²) in [5, 5.41) is 9.72. The number of hydrogen-bond acceptors (Lipinski definition) is 1. The van der Waals surface area contributed by atoms with Crippen molar-refractivity contribution < 1.29 is 62.7 Å². The molecule has 0 aliphatic rings. The number of rotatable bonds is 23. The third-order valence-corrected chi connectivity index (χ3v) is 6.68. The molecule has 1 N–H and O–H groups in total. The fraction of sp³-hybridized carbons (Fsp3) is 0.963. The smallest absolute Gasteiger partial charge is 1.00 e. The maximum absolute atomic E-state index is 11.8. The Morgan fingerprint density at radius 1 is 0.567 bits per heavy atom. The maximum atomic E-state index is 11.8. The molecule has 0 radical (unpaired) electrons. The van der Waals surface area contributed by atoms with Gasteiger partial charge in [-0.15, -0.1) is 0 Å². The van der Waals surface area contributed by atoms with E-state index in [2.05, 4.69) is 13.8 Å². The molecule has 0 aromatic heterocycles. The Bertz CT molecular complexity index is 339. The second-order valence-electron chi connectivity index (χ2n) is 9.73. The van der Waals surface area contributed by atoms with Crippen molar-refractivity contribution in [3.05, 3.63) is 0 Å². The van der Waals surface area contributed by atoms with Gasteiger partial charge < -0.3 is 6.53 Å². The third kappa shape index (κ3) is 21.0. The van der Waals surface area contributed by atoms with Gasteiger partial charge >= 0.3 is 57.4 Å². The van der Waals surface area contributed by atoms with E-state index < -0.39 is 11.4 Å². The summed E-state index contributed by atoms with van der Waals surface area (Å²) in [6, 6.07) is 0. The Hall–Kier alpha value is 1.11. The first-order valence-electron chi connectivity index (χ1n) is 13.3. The molecule has 0 spiro atoms. The van der Waals surface area contributed by atoms with Crippen LogP contribution in [0.1, 0.15) is 163 Å². The zero-order valence-corrected chi connectivity index (χ0v) is 24.5. The van der Waals surface area contributed by atoms with Crippen LogP contribution in [0.4, 0.5) is 0 Å². The summed E-state index contributed by atoms with van der Waals surface area (Å²) in [4.78, 5) is 11.8. The van der Waals surface area contributed by atoms with Gasteiger partial charge in [-0.1, -0.05) is 142 Å². The normalized spacial score (nSPS) is 11.4. The van der Waals surface area contributed by atoms with Gasteiger partial charge in [0, 0.05) is 0 Å². The molecule has 3 heteroatoms. The van der Waals surface area contributed by atoms with E-state index in [1.807, 2.05) is 6.92 Å². The molecule has 0 aromatic rings. The summed E-state index contributed by atoms with van der Waals surface area (Å²) in [5.41, 5.74) is -0.500. The van der Waals surface area contributed by atoms with Gasteiger partial charge in [-0.3, -0.25) is 4.79 Å². The van der Waals surface area contributed by atoms with E-state index in [0.29, 0.717) is 0 Å². The molecule has 30 heavy (non-hydrogen) atoms. The molecule has 176 valence electrons. The van der Waals surface area contributed by atoms with E-state index in [1.54, 1.807) is 0 Å². The van der Waals surface area contributed by atoms with Crippen LogP contribution in [0.25, 0.3) is 0 Å². The topological polar surface area (TPSA) is 37.3 Å². The molecule has 0 saturated heterocycles. The molecular weight excluding hydrogens is 395 g/mol. The van der Waals surface area contributed by atoms with E-state index in [-0.39, 0.29) is 52.8 Å². The molecule has 0 saturated carbocycles. The number of carboxylic acid groups (broad SMARTS) is 1. The Labute approximate surface area is 234 Å². The summed E-state index contributed by atoms with van der Waals surface area (Å²) in [6.45, 7) is 6.51. The summed E-state index contributed by atoms with van der Waals surface area (Å²) in [7, 11) is 0. The number of carbonyl (C=O) groups is 1. The van der Waals surface area contributed by atoms with E-state index in [0.717, 1.165) is 25.7 Å². The Morgan fingerprint density at radius 2 is 0.800 bits per heavy atom. The fourth-order valence-corrected chi connectivity index (χ4v) is 4.34. The van der Waals surface area contributed by atoms with Crippen molar-refractivity contribution >= 4 is 5.97 Å². The molecule has 0 amide bonds. The quantitative estimate of drug-likeness (QED) is 0.137. The standard InChI is InChI=1S/C27H54O2.K.H/c1-4-6-8-10-12-14-16-18-20-22-24-27(3,26(28)29)25-23-21-19-17-15-13-11-9-7-5-2;;/h4-25H2,1-3H3,(H,28,29);;/q;+1;-1. The number of hydrogen-bond donors (Lipinski definition) is 1. The van der Waals surface area contributed by atoms with Crippen molar-refractivity contribution in [2.24, 2.45) is 5.41 Å². The van der Waals surface area contributed by atoms with Crippen molar-refractivity contribution in [2.45, 2.75) is 162 Å². The van der Waals surface area contributed by atoms with Gasteiger partial charge in [0.1, 0.15) is 0 Å². The van der Waals surface area contributed by atoms with E-state index in [9.17, 15) is 9.90 Å². The van der Waals surface area contributed by atoms with Crippen molar-refractivity contribution in [1.82, 2.24) is 0 Å². The van der Waals surface area contributed by atoms with Crippen LogP contribution in [-0.2, 0) is 4.79 Å².